The van der Waals surface area contributed by atoms with Gasteiger partial charge in [-0.1, -0.05) is 20.8 Å². The molecular weight excluding hydrogens is 314 g/mol. The van der Waals surface area contributed by atoms with Gasteiger partial charge in [0, 0.05) is 19.5 Å². The Kier molecular flexibility index (Phi) is 4.12. The van der Waals surface area contributed by atoms with Gasteiger partial charge in [0.25, 0.3) is 5.56 Å². The van der Waals surface area contributed by atoms with Crippen LogP contribution in [0, 0.1) is 11.3 Å². The molecular formula is C14H17N7O3. The Morgan fingerprint density at radius 1 is 1.21 bits per heavy atom. The maximum absolute atomic E-state index is 12.0. The molecule has 0 amide bonds. The molecule has 0 aliphatic rings. The van der Waals surface area contributed by atoms with Crippen LogP contribution in [0.15, 0.2) is 19.8 Å². The number of hydrogen-bond acceptors (Lipinski definition) is 7. The van der Waals surface area contributed by atoms with Gasteiger partial charge in [-0.2, -0.15) is 10.4 Å². The average molecular weight is 331 g/mol. The van der Waals surface area contributed by atoms with Crippen molar-refractivity contribution in [1.82, 2.24) is 19.3 Å². The van der Waals surface area contributed by atoms with Gasteiger partial charge in [0.05, 0.1) is 5.69 Å². The van der Waals surface area contributed by atoms with Gasteiger partial charge in [-0.05, 0) is 0 Å². The molecule has 24 heavy (non-hydrogen) atoms. The quantitative estimate of drug-likeness (QED) is 0.792. The molecule has 0 atom stereocenters. The highest BCUT2D eigenvalue weighted by Gasteiger charge is 2.24. The molecule has 0 saturated heterocycles. The van der Waals surface area contributed by atoms with E-state index in [1.165, 1.54) is 14.1 Å². The van der Waals surface area contributed by atoms with Crippen LogP contribution in [0.25, 0.3) is 0 Å². The molecule has 0 saturated carbocycles. The van der Waals surface area contributed by atoms with Crippen LogP contribution in [0.5, 0.6) is 5.88 Å². The highest BCUT2D eigenvalue weighted by molar-refractivity contribution is 5.53. The molecule has 2 N–H and O–H groups in total. The monoisotopic (exact) mass is 331 g/mol. The van der Waals surface area contributed by atoms with E-state index < -0.39 is 22.8 Å². The largest absolute Gasteiger partial charge is 0.493 e. The second kappa shape index (κ2) is 5.77. The maximum atomic E-state index is 12.0. The predicted molar refractivity (Wildman–Crippen MR) is 84.8 cm³/mol. The first-order chi connectivity index (χ1) is 11.1. The number of nitriles is 1. The third kappa shape index (κ3) is 2.71. The van der Waals surface area contributed by atoms with E-state index in [9.17, 15) is 20.0 Å². The molecule has 0 fully saturated rings. The summed E-state index contributed by atoms with van der Waals surface area (Å²) < 4.78 is 1.67. The molecule has 0 aliphatic carbocycles. The van der Waals surface area contributed by atoms with E-state index in [1.807, 2.05) is 26.8 Å². The zero-order chi connectivity index (χ0) is 18.2. The number of rotatable bonds is 2. The Balaban J connectivity index is 2.60. The Hall–Kier alpha value is -3.22. The maximum Gasteiger partial charge on any atom is 0.333 e. The summed E-state index contributed by atoms with van der Waals surface area (Å²) in [7, 11) is 2.56. The number of nitrogens with zero attached hydrogens (tertiary/aromatic N) is 6. The molecule has 126 valence electrons. The van der Waals surface area contributed by atoms with Gasteiger partial charge in [0.1, 0.15) is 11.6 Å². The lowest BCUT2D eigenvalue weighted by Gasteiger charge is -2.14. The minimum absolute atomic E-state index is 0.0673. The number of hydrogen-bond donors (Lipinski definition) is 2. The fourth-order valence-corrected chi connectivity index (χ4v) is 2.06. The Morgan fingerprint density at radius 3 is 2.38 bits per heavy atom. The average Bonchev–Trinajstić information content (AvgIpc) is 2.94. The van der Waals surface area contributed by atoms with Crippen LogP contribution in [0.3, 0.4) is 0 Å². The zero-order valence-electron chi connectivity index (χ0n) is 13.9. The first-order valence-corrected chi connectivity index (χ1v) is 6.99. The van der Waals surface area contributed by atoms with E-state index in [4.69, 9.17) is 0 Å². The number of H-pyrrole nitrogens is 1. The first-order valence-electron chi connectivity index (χ1n) is 6.99. The molecule has 0 aliphatic heterocycles. The first kappa shape index (κ1) is 17.1. The standard InChI is InChI=1S/C14H17N7O3/c1-14(2,3)9-7(6-15)10(19-17-9)18-16-8-11(22)20(4)13(24)21(5)12(8)23/h22H,1-5H3,(H,17,19). The molecule has 0 bridgehead atoms. The van der Waals surface area contributed by atoms with Crippen molar-refractivity contribution < 1.29 is 5.11 Å². The van der Waals surface area contributed by atoms with Crippen molar-refractivity contribution in [1.29, 1.82) is 5.26 Å². The van der Waals surface area contributed by atoms with Crippen molar-refractivity contribution in [3.8, 4) is 11.9 Å². The van der Waals surface area contributed by atoms with Crippen molar-refractivity contribution in [2.75, 3.05) is 0 Å². The van der Waals surface area contributed by atoms with Crippen LogP contribution in [0.1, 0.15) is 32.0 Å². The van der Waals surface area contributed by atoms with Gasteiger partial charge in [0.2, 0.25) is 11.6 Å². The molecule has 2 heterocycles. The van der Waals surface area contributed by atoms with Gasteiger partial charge >= 0.3 is 5.69 Å². The molecule has 10 heteroatoms. The second-order valence-electron chi connectivity index (χ2n) is 6.24. The second-order valence-corrected chi connectivity index (χ2v) is 6.24. The predicted octanol–water partition coefficient (Wildman–Crippen LogP) is 1.10. The van der Waals surface area contributed by atoms with Crippen LogP contribution in [0.2, 0.25) is 0 Å². The topological polar surface area (TPSA) is 141 Å². The Labute approximate surface area is 136 Å². The molecule has 2 rings (SSSR count). The summed E-state index contributed by atoms with van der Waals surface area (Å²) in [4.78, 5) is 23.7. The SMILES string of the molecule is Cn1c(O)c(N=Nc2[nH]nc(C(C)(C)C)c2C#N)c(=O)n(C)c1=O. The van der Waals surface area contributed by atoms with Gasteiger partial charge < -0.3 is 5.11 Å². The zero-order valence-corrected chi connectivity index (χ0v) is 13.9. The molecule has 2 aromatic heterocycles. The highest BCUT2D eigenvalue weighted by atomic mass is 16.3. The fraction of sp³-hybridized carbons (Fsp3) is 0.429. The number of aromatic hydroxyl groups is 1. The van der Waals surface area contributed by atoms with Crippen LogP contribution >= 0.6 is 0 Å². The minimum atomic E-state index is -0.798. The summed E-state index contributed by atoms with van der Waals surface area (Å²) in [5.74, 6) is -0.543. The summed E-state index contributed by atoms with van der Waals surface area (Å²) in [5, 5.41) is 33.4. The van der Waals surface area contributed by atoms with Crippen LogP contribution in [-0.2, 0) is 19.5 Å². The van der Waals surface area contributed by atoms with Crippen LogP contribution in [0.4, 0.5) is 11.5 Å². The van der Waals surface area contributed by atoms with E-state index in [2.05, 4.69) is 20.4 Å². The molecule has 0 spiro atoms. The summed E-state index contributed by atoms with van der Waals surface area (Å²) in [6, 6.07) is 2.00. The van der Waals surface area contributed by atoms with Gasteiger partial charge in [-0.3, -0.25) is 19.0 Å². The fourth-order valence-electron chi connectivity index (χ4n) is 2.06. The Bertz CT molecular complexity index is 980. The van der Waals surface area contributed by atoms with E-state index in [1.54, 1.807) is 0 Å². The Morgan fingerprint density at radius 2 is 1.83 bits per heavy atom. The highest BCUT2D eigenvalue weighted by Crippen LogP contribution is 2.30. The smallest absolute Gasteiger partial charge is 0.333 e. The summed E-state index contributed by atoms with van der Waals surface area (Å²) >= 11 is 0. The lowest BCUT2D eigenvalue weighted by atomic mass is 9.90. The van der Waals surface area contributed by atoms with Crippen molar-refractivity contribution in [2.24, 2.45) is 24.3 Å². The van der Waals surface area contributed by atoms with E-state index in [0.717, 1.165) is 9.13 Å². The van der Waals surface area contributed by atoms with Gasteiger partial charge in [-0.25, -0.2) is 4.79 Å². The summed E-state index contributed by atoms with van der Waals surface area (Å²) in [6.45, 7) is 5.67. The van der Waals surface area contributed by atoms with Gasteiger partial charge in [0.15, 0.2) is 5.82 Å². The molecule has 0 radical (unpaired) electrons. The van der Waals surface area contributed by atoms with Crippen molar-refractivity contribution >= 4 is 11.5 Å². The number of aromatic nitrogens is 4. The van der Waals surface area contributed by atoms with Crippen LogP contribution in [-0.4, -0.2) is 24.4 Å². The van der Waals surface area contributed by atoms with E-state index in [0.29, 0.717) is 5.69 Å². The van der Waals surface area contributed by atoms with Crippen LogP contribution < -0.4 is 11.2 Å². The van der Waals surface area contributed by atoms with Crippen molar-refractivity contribution in [3.05, 3.63) is 32.1 Å². The van der Waals surface area contributed by atoms with Gasteiger partial charge in [-0.15, -0.1) is 10.2 Å². The number of nitrogens with one attached hydrogen (secondary N) is 1. The molecule has 0 unspecified atom stereocenters. The third-order valence-electron chi connectivity index (χ3n) is 3.43. The minimum Gasteiger partial charge on any atom is -0.493 e. The molecule has 10 nitrogen and oxygen atoms in total. The molecule has 2 aromatic rings. The number of aromatic amines is 1. The summed E-state index contributed by atoms with van der Waals surface area (Å²) in [5.41, 5.74) is -1.57. The molecule has 0 aromatic carbocycles. The lowest BCUT2D eigenvalue weighted by molar-refractivity contribution is 0.413. The van der Waals surface area contributed by atoms with Crippen molar-refractivity contribution in [3.63, 3.8) is 0 Å². The summed E-state index contributed by atoms with van der Waals surface area (Å²) in [6.07, 6.45) is 0. The third-order valence-corrected chi connectivity index (χ3v) is 3.43. The number of azo groups is 1. The van der Waals surface area contributed by atoms with E-state index in [-0.39, 0.29) is 16.8 Å². The lowest BCUT2D eigenvalue weighted by Crippen LogP contribution is -2.36. The normalized spacial score (nSPS) is 11.8. The van der Waals surface area contributed by atoms with E-state index >= 15 is 0 Å². The van der Waals surface area contributed by atoms with Crippen molar-refractivity contribution in [2.45, 2.75) is 26.2 Å².